The van der Waals surface area contributed by atoms with Gasteiger partial charge in [-0.05, 0) is 19.9 Å². The van der Waals surface area contributed by atoms with E-state index in [1.54, 1.807) is 0 Å². The fraction of sp³-hybridized carbons (Fsp3) is 0.818. The molecule has 0 amide bonds. The third-order valence-corrected chi connectivity index (χ3v) is 3.00. The second-order valence-electron chi connectivity index (χ2n) is 4.28. The molecule has 0 spiro atoms. The van der Waals surface area contributed by atoms with Crippen molar-refractivity contribution in [2.45, 2.75) is 31.3 Å². The first-order valence-corrected chi connectivity index (χ1v) is 5.96. The van der Waals surface area contributed by atoms with E-state index in [1.807, 2.05) is 6.08 Å². The van der Waals surface area contributed by atoms with Crippen molar-refractivity contribution in [1.82, 2.24) is 4.90 Å². The lowest BCUT2D eigenvalue weighted by atomic mass is 10.0. The fourth-order valence-corrected chi connectivity index (χ4v) is 2.24. The number of aliphatic hydroxyl groups is 1. The van der Waals surface area contributed by atoms with Gasteiger partial charge in [-0.2, -0.15) is 12.6 Å². The molecule has 0 aliphatic heterocycles. The Morgan fingerprint density at radius 3 is 2.57 bits per heavy atom. The number of likely N-dealkylation sites (N-methyl/N-ethyl adjacent to an activating group) is 1. The highest BCUT2D eigenvalue weighted by molar-refractivity contribution is 7.80. The van der Waals surface area contributed by atoms with E-state index in [0.29, 0.717) is 0 Å². The van der Waals surface area contributed by atoms with Crippen molar-refractivity contribution in [3.05, 3.63) is 12.2 Å². The van der Waals surface area contributed by atoms with Crippen molar-refractivity contribution in [2.24, 2.45) is 0 Å². The number of thiol groups is 1. The van der Waals surface area contributed by atoms with E-state index in [1.165, 1.54) is 12.8 Å². The van der Waals surface area contributed by atoms with Crippen LogP contribution in [-0.2, 0) is 0 Å². The normalized spacial score (nSPS) is 21.1. The lowest BCUT2D eigenvalue weighted by Gasteiger charge is -2.27. The van der Waals surface area contributed by atoms with E-state index >= 15 is 0 Å². The van der Waals surface area contributed by atoms with Crippen LogP contribution in [0.15, 0.2) is 12.2 Å². The Balaban J connectivity index is 2.25. The fourth-order valence-electron chi connectivity index (χ4n) is 2.09. The van der Waals surface area contributed by atoms with Crippen LogP contribution in [0.2, 0.25) is 0 Å². The Kier molecular flexibility index (Phi) is 4.99. The zero-order valence-electron chi connectivity index (χ0n) is 8.95. The molecule has 0 bridgehead atoms. The minimum atomic E-state index is -0.413. The van der Waals surface area contributed by atoms with E-state index in [2.05, 4.69) is 30.7 Å². The quantitative estimate of drug-likeness (QED) is 0.539. The van der Waals surface area contributed by atoms with Crippen LogP contribution < -0.4 is 0 Å². The van der Waals surface area contributed by atoms with E-state index in [0.717, 1.165) is 31.7 Å². The first-order chi connectivity index (χ1) is 6.66. The van der Waals surface area contributed by atoms with Gasteiger partial charge in [0.05, 0.1) is 5.60 Å². The lowest BCUT2D eigenvalue weighted by Crippen LogP contribution is -2.39. The van der Waals surface area contributed by atoms with Crippen LogP contribution in [0, 0.1) is 0 Å². The maximum Gasteiger partial charge on any atom is 0.0774 e. The lowest BCUT2D eigenvalue weighted by molar-refractivity contribution is 0.0192. The molecule has 0 unspecified atom stereocenters. The van der Waals surface area contributed by atoms with Crippen LogP contribution in [-0.4, -0.2) is 41.5 Å². The molecule has 1 fully saturated rings. The van der Waals surface area contributed by atoms with Crippen molar-refractivity contribution in [2.75, 3.05) is 25.9 Å². The van der Waals surface area contributed by atoms with Gasteiger partial charge >= 0.3 is 0 Å². The third-order valence-electron chi connectivity index (χ3n) is 2.79. The van der Waals surface area contributed by atoms with Gasteiger partial charge in [-0.1, -0.05) is 25.0 Å². The Hall–Kier alpha value is 0.01000. The van der Waals surface area contributed by atoms with Gasteiger partial charge in [0.15, 0.2) is 0 Å². The molecular formula is C11H21NOS. The average Bonchev–Trinajstić information content (AvgIpc) is 2.52. The highest BCUT2D eigenvalue weighted by atomic mass is 32.1. The van der Waals surface area contributed by atoms with Crippen molar-refractivity contribution in [1.29, 1.82) is 0 Å². The third kappa shape index (κ3) is 4.03. The molecule has 0 heterocycles. The van der Waals surface area contributed by atoms with Crippen LogP contribution in [0.5, 0.6) is 0 Å². The van der Waals surface area contributed by atoms with Crippen molar-refractivity contribution in [3.8, 4) is 0 Å². The molecule has 0 aromatic heterocycles. The molecule has 0 aromatic carbocycles. The molecule has 1 saturated carbocycles. The van der Waals surface area contributed by atoms with Gasteiger partial charge < -0.3 is 5.11 Å². The largest absolute Gasteiger partial charge is 0.389 e. The monoisotopic (exact) mass is 215 g/mol. The van der Waals surface area contributed by atoms with E-state index < -0.39 is 5.60 Å². The number of hydrogen-bond acceptors (Lipinski definition) is 3. The average molecular weight is 215 g/mol. The molecule has 14 heavy (non-hydrogen) atoms. The summed E-state index contributed by atoms with van der Waals surface area (Å²) in [6.07, 6.45) is 8.43. The maximum absolute atomic E-state index is 10.1. The molecule has 0 atom stereocenters. The zero-order valence-corrected chi connectivity index (χ0v) is 9.84. The summed E-state index contributed by atoms with van der Waals surface area (Å²) in [7, 11) is 2.05. The zero-order chi connectivity index (χ0) is 10.4. The molecule has 1 rings (SSSR count). The van der Waals surface area contributed by atoms with E-state index in [-0.39, 0.29) is 0 Å². The topological polar surface area (TPSA) is 23.5 Å². The SMILES string of the molecule is CN(C/C=C/CS)CC1(O)CCCC1. The molecule has 1 N–H and O–H groups in total. The van der Waals surface area contributed by atoms with Gasteiger partial charge in [0.25, 0.3) is 0 Å². The van der Waals surface area contributed by atoms with Crippen LogP contribution in [0.25, 0.3) is 0 Å². The van der Waals surface area contributed by atoms with E-state index in [4.69, 9.17) is 0 Å². The van der Waals surface area contributed by atoms with Gasteiger partial charge in [0.2, 0.25) is 0 Å². The maximum atomic E-state index is 10.1. The highest BCUT2D eigenvalue weighted by Crippen LogP contribution is 2.29. The molecule has 1 aliphatic rings. The molecule has 0 aromatic rings. The van der Waals surface area contributed by atoms with Crippen molar-refractivity contribution >= 4 is 12.6 Å². The Morgan fingerprint density at radius 1 is 1.36 bits per heavy atom. The Bertz CT molecular complexity index is 188. The van der Waals surface area contributed by atoms with Gasteiger partial charge in [-0.15, -0.1) is 0 Å². The van der Waals surface area contributed by atoms with Gasteiger partial charge in [-0.25, -0.2) is 0 Å². The minimum absolute atomic E-state index is 0.413. The number of nitrogens with zero attached hydrogens (tertiary/aromatic N) is 1. The number of hydrogen-bond donors (Lipinski definition) is 2. The van der Waals surface area contributed by atoms with Crippen LogP contribution in [0.3, 0.4) is 0 Å². The molecule has 0 radical (unpaired) electrons. The van der Waals surface area contributed by atoms with Crippen LogP contribution in [0.4, 0.5) is 0 Å². The molecule has 0 saturated heterocycles. The Labute approximate surface area is 92.4 Å². The summed E-state index contributed by atoms with van der Waals surface area (Å²) < 4.78 is 0. The summed E-state index contributed by atoms with van der Waals surface area (Å²) in [5, 5.41) is 10.1. The van der Waals surface area contributed by atoms with Crippen molar-refractivity contribution in [3.63, 3.8) is 0 Å². The molecule has 82 valence electrons. The summed E-state index contributed by atoms with van der Waals surface area (Å²) in [4.78, 5) is 2.17. The van der Waals surface area contributed by atoms with Crippen LogP contribution >= 0.6 is 12.6 Å². The summed E-state index contributed by atoms with van der Waals surface area (Å²) in [5.74, 6) is 0.790. The first-order valence-electron chi connectivity index (χ1n) is 5.33. The summed E-state index contributed by atoms with van der Waals surface area (Å²) in [6.45, 7) is 1.70. The van der Waals surface area contributed by atoms with E-state index in [9.17, 15) is 5.11 Å². The molecule has 1 aliphatic carbocycles. The van der Waals surface area contributed by atoms with Gasteiger partial charge in [0.1, 0.15) is 0 Å². The van der Waals surface area contributed by atoms with Gasteiger partial charge in [-0.3, -0.25) is 4.90 Å². The summed E-state index contributed by atoms with van der Waals surface area (Å²) in [5.41, 5.74) is -0.413. The second kappa shape index (κ2) is 5.79. The predicted octanol–water partition coefficient (Wildman–Crippen LogP) is 1.71. The minimum Gasteiger partial charge on any atom is -0.389 e. The molecule has 2 nitrogen and oxygen atoms in total. The summed E-state index contributed by atoms with van der Waals surface area (Å²) >= 11 is 4.10. The predicted molar refractivity (Wildman–Crippen MR) is 63.9 cm³/mol. The van der Waals surface area contributed by atoms with Crippen LogP contribution in [0.1, 0.15) is 25.7 Å². The van der Waals surface area contributed by atoms with Crippen molar-refractivity contribution < 1.29 is 5.11 Å². The second-order valence-corrected chi connectivity index (χ2v) is 4.65. The van der Waals surface area contributed by atoms with Gasteiger partial charge in [0, 0.05) is 18.8 Å². The standard InChI is InChI=1S/C11H21NOS/c1-12(8-4-5-9-14)10-11(13)6-2-3-7-11/h4-5,13-14H,2-3,6-10H2,1H3/b5-4+. The first kappa shape index (κ1) is 12.1. The highest BCUT2D eigenvalue weighted by Gasteiger charge is 2.31. The number of rotatable bonds is 5. The summed E-state index contributed by atoms with van der Waals surface area (Å²) in [6, 6.07) is 0. The smallest absolute Gasteiger partial charge is 0.0774 e. The molecular weight excluding hydrogens is 194 g/mol. The Morgan fingerprint density at radius 2 is 2.00 bits per heavy atom. The molecule has 3 heteroatoms.